The Morgan fingerprint density at radius 1 is 1.50 bits per heavy atom. The van der Waals surface area contributed by atoms with E-state index in [1.54, 1.807) is 13.0 Å². The lowest BCUT2D eigenvalue weighted by atomic mass is 10.1. The molecule has 1 aromatic carbocycles. The van der Waals surface area contributed by atoms with Crippen LogP contribution in [0.4, 0.5) is 4.39 Å². The number of Topliss-reactive ketones (excluding diaryl/α,β-unsaturated/α-hetero) is 1. The predicted octanol–water partition coefficient (Wildman–Crippen LogP) is 2.81. The third kappa shape index (κ3) is 3.32. The molecule has 0 bridgehead atoms. The summed E-state index contributed by atoms with van der Waals surface area (Å²) in [7, 11) is 0. The average molecular weight is 242 g/mol. The molecule has 0 unspecified atom stereocenters. The van der Waals surface area contributed by atoms with Crippen molar-refractivity contribution in [2.75, 3.05) is 12.4 Å². The second kappa shape index (κ2) is 6.01. The third-order valence-corrected chi connectivity index (χ3v) is 3.34. The Morgan fingerprint density at radius 2 is 2.19 bits per heavy atom. The topological polar surface area (TPSA) is 37.3 Å². The molecule has 4 heteroatoms. The Hall–Kier alpha value is -0.870. The fraction of sp³-hybridized carbons (Fsp3) is 0.417. The Labute approximate surface area is 98.9 Å². The number of benzene rings is 1. The minimum atomic E-state index is -0.350. The third-order valence-electron chi connectivity index (χ3n) is 2.20. The molecule has 0 spiro atoms. The first-order valence-corrected chi connectivity index (χ1v) is 6.09. The van der Waals surface area contributed by atoms with Crippen molar-refractivity contribution in [1.82, 2.24) is 0 Å². The number of hydrogen-bond acceptors (Lipinski definition) is 3. The van der Waals surface area contributed by atoms with Crippen LogP contribution in [0.15, 0.2) is 17.0 Å². The summed E-state index contributed by atoms with van der Waals surface area (Å²) in [6.07, 6.45) is 0.665. The highest BCUT2D eigenvalue weighted by Gasteiger charge is 2.11. The number of thioether (sulfide) groups is 1. The summed E-state index contributed by atoms with van der Waals surface area (Å²) in [6.45, 7) is 3.23. The second-order valence-electron chi connectivity index (χ2n) is 3.58. The zero-order valence-corrected chi connectivity index (χ0v) is 10.2. The van der Waals surface area contributed by atoms with Gasteiger partial charge in [-0.2, -0.15) is 0 Å². The maximum Gasteiger partial charge on any atom is 0.161 e. The fourth-order valence-electron chi connectivity index (χ4n) is 1.30. The number of aliphatic hydroxyl groups excluding tert-OH is 1. The molecule has 0 fully saturated rings. The molecule has 0 saturated carbocycles. The minimum absolute atomic E-state index is 0.128. The Kier molecular flexibility index (Phi) is 4.96. The maximum absolute atomic E-state index is 13.3. The molecule has 2 nitrogen and oxygen atoms in total. The second-order valence-corrected chi connectivity index (χ2v) is 4.72. The number of carbonyl (C=O) groups excluding carboxylic acids is 1. The molecule has 0 aliphatic carbocycles. The van der Waals surface area contributed by atoms with Gasteiger partial charge in [-0.15, -0.1) is 11.8 Å². The monoisotopic (exact) mass is 242 g/mol. The number of rotatable bonds is 5. The summed E-state index contributed by atoms with van der Waals surface area (Å²) in [5, 5.41) is 8.68. The van der Waals surface area contributed by atoms with Crippen molar-refractivity contribution in [3.8, 4) is 0 Å². The zero-order chi connectivity index (χ0) is 12.1. The Balaban J connectivity index is 2.95. The van der Waals surface area contributed by atoms with Crippen LogP contribution in [0.3, 0.4) is 0 Å². The van der Waals surface area contributed by atoms with Crippen molar-refractivity contribution in [2.45, 2.75) is 25.2 Å². The van der Waals surface area contributed by atoms with Gasteiger partial charge in [-0.3, -0.25) is 4.79 Å². The smallest absolute Gasteiger partial charge is 0.161 e. The summed E-state index contributed by atoms with van der Waals surface area (Å²) in [6, 6.07) is 2.98. The number of aryl methyl sites for hydroxylation is 1. The summed E-state index contributed by atoms with van der Waals surface area (Å²) in [5.74, 6) is 0.240. The fourth-order valence-corrected chi connectivity index (χ4v) is 2.41. The van der Waals surface area contributed by atoms with Gasteiger partial charge in [0.2, 0.25) is 0 Å². The van der Waals surface area contributed by atoms with Gasteiger partial charge in [0.05, 0.1) is 0 Å². The summed E-state index contributed by atoms with van der Waals surface area (Å²) < 4.78 is 13.3. The normalized spacial score (nSPS) is 10.5. The first kappa shape index (κ1) is 13.2. The summed E-state index contributed by atoms with van der Waals surface area (Å²) >= 11 is 1.48. The molecule has 88 valence electrons. The van der Waals surface area contributed by atoms with E-state index in [0.29, 0.717) is 17.5 Å². The van der Waals surface area contributed by atoms with Crippen LogP contribution >= 0.6 is 11.8 Å². The van der Waals surface area contributed by atoms with E-state index in [1.165, 1.54) is 24.8 Å². The highest BCUT2D eigenvalue weighted by molar-refractivity contribution is 7.99. The predicted molar refractivity (Wildman–Crippen MR) is 63.6 cm³/mol. The standard InChI is InChI=1S/C12H15FO2S/c1-8-6-12(16-5-3-4-14)10(9(2)15)7-11(8)13/h6-7,14H,3-5H2,1-2H3. The van der Waals surface area contributed by atoms with Gasteiger partial charge in [0.25, 0.3) is 0 Å². The molecule has 0 saturated heterocycles. The number of aliphatic hydroxyl groups is 1. The van der Waals surface area contributed by atoms with Gasteiger partial charge in [0.1, 0.15) is 5.82 Å². The molecule has 0 heterocycles. The van der Waals surface area contributed by atoms with Crippen LogP contribution in [0.1, 0.15) is 29.3 Å². The molecule has 16 heavy (non-hydrogen) atoms. The van der Waals surface area contributed by atoms with Gasteiger partial charge in [0, 0.05) is 22.8 Å². The van der Waals surface area contributed by atoms with Crippen LogP contribution < -0.4 is 0 Å². The largest absolute Gasteiger partial charge is 0.396 e. The van der Waals surface area contributed by atoms with Crippen LogP contribution in [0, 0.1) is 12.7 Å². The van der Waals surface area contributed by atoms with Crippen LogP contribution in [0.5, 0.6) is 0 Å². The van der Waals surface area contributed by atoms with Gasteiger partial charge >= 0.3 is 0 Å². The van der Waals surface area contributed by atoms with Crippen LogP contribution in [-0.2, 0) is 0 Å². The molecule has 0 radical (unpaired) electrons. The average Bonchev–Trinajstić information content (AvgIpc) is 2.23. The van der Waals surface area contributed by atoms with E-state index in [-0.39, 0.29) is 18.2 Å². The molecule has 0 aromatic heterocycles. The van der Waals surface area contributed by atoms with Crippen LogP contribution in [0.2, 0.25) is 0 Å². The summed E-state index contributed by atoms with van der Waals surface area (Å²) in [4.78, 5) is 12.1. The van der Waals surface area contributed by atoms with Crippen molar-refractivity contribution >= 4 is 17.5 Å². The minimum Gasteiger partial charge on any atom is -0.396 e. The van der Waals surface area contributed by atoms with E-state index >= 15 is 0 Å². The first-order chi connectivity index (χ1) is 7.56. The zero-order valence-electron chi connectivity index (χ0n) is 9.42. The van der Waals surface area contributed by atoms with Crippen molar-refractivity contribution in [3.05, 3.63) is 29.1 Å². The van der Waals surface area contributed by atoms with E-state index in [0.717, 1.165) is 10.6 Å². The maximum atomic E-state index is 13.3. The quantitative estimate of drug-likeness (QED) is 0.490. The van der Waals surface area contributed by atoms with E-state index in [4.69, 9.17) is 5.11 Å². The van der Waals surface area contributed by atoms with Gasteiger partial charge in [-0.05, 0) is 38.0 Å². The molecule has 1 aromatic rings. The molecular formula is C12H15FO2S. The van der Waals surface area contributed by atoms with Gasteiger partial charge in [0.15, 0.2) is 5.78 Å². The van der Waals surface area contributed by atoms with Gasteiger partial charge in [-0.25, -0.2) is 4.39 Å². The van der Waals surface area contributed by atoms with E-state index in [1.807, 2.05) is 0 Å². The van der Waals surface area contributed by atoms with E-state index in [2.05, 4.69) is 0 Å². The lowest BCUT2D eigenvalue weighted by Gasteiger charge is -2.08. The van der Waals surface area contributed by atoms with Crippen molar-refractivity contribution < 1.29 is 14.3 Å². The van der Waals surface area contributed by atoms with E-state index < -0.39 is 0 Å². The highest BCUT2D eigenvalue weighted by Crippen LogP contribution is 2.26. The van der Waals surface area contributed by atoms with E-state index in [9.17, 15) is 9.18 Å². The molecule has 0 amide bonds. The van der Waals surface area contributed by atoms with Gasteiger partial charge in [-0.1, -0.05) is 0 Å². The number of hydrogen-bond donors (Lipinski definition) is 1. The number of halogens is 1. The Bertz CT molecular complexity index is 391. The van der Waals surface area contributed by atoms with Crippen molar-refractivity contribution in [2.24, 2.45) is 0 Å². The SMILES string of the molecule is CC(=O)c1cc(F)c(C)cc1SCCCO. The first-order valence-electron chi connectivity index (χ1n) is 5.11. The molecule has 1 rings (SSSR count). The molecule has 0 aliphatic rings. The number of carbonyl (C=O) groups is 1. The molecular weight excluding hydrogens is 227 g/mol. The van der Waals surface area contributed by atoms with Crippen molar-refractivity contribution in [3.63, 3.8) is 0 Å². The lowest BCUT2D eigenvalue weighted by Crippen LogP contribution is -1.99. The molecule has 1 N–H and O–H groups in total. The highest BCUT2D eigenvalue weighted by atomic mass is 32.2. The van der Waals surface area contributed by atoms with Crippen LogP contribution in [-0.4, -0.2) is 23.2 Å². The van der Waals surface area contributed by atoms with Crippen LogP contribution in [0.25, 0.3) is 0 Å². The summed E-state index contributed by atoms with van der Waals surface area (Å²) in [5.41, 5.74) is 0.961. The van der Waals surface area contributed by atoms with Gasteiger partial charge < -0.3 is 5.11 Å². The molecule has 0 aliphatic heterocycles. The number of ketones is 1. The molecule has 0 atom stereocenters. The van der Waals surface area contributed by atoms with Crippen molar-refractivity contribution in [1.29, 1.82) is 0 Å². The lowest BCUT2D eigenvalue weighted by molar-refractivity contribution is 0.101. The Morgan fingerprint density at radius 3 is 2.75 bits per heavy atom.